The molecule has 11 heavy (non-hydrogen) atoms. The molecule has 0 aromatic carbocycles. The first-order valence-corrected chi connectivity index (χ1v) is 4.58. The largest absolute Gasteiger partial charge is 0.396 e. The van der Waals surface area contributed by atoms with Crippen molar-refractivity contribution in [1.82, 2.24) is 0 Å². The maximum absolute atomic E-state index is 8.89. The molecular weight excluding hydrogens is 138 g/mol. The van der Waals surface area contributed by atoms with Gasteiger partial charge in [0.25, 0.3) is 0 Å². The van der Waals surface area contributed by atoms with Crippen LogP contribution in [0.4, 0.5) is 0 Å². The SMILES string of the molecule is CC(N)C1(CCO)CCCC1. The Kier molecular flexibility index (Phi) is 2.90. The van der Waals surface area contributed by atoms with Crippen LogP contribution in [0.15, 0.2) is 0 Å². The van der Waals surface area contributed by atoms with Gasteiger partial charge in [-0.1, -0.05) is 12.8 Å². The molecule has 3 N–H and O–H groups in total. The van der Waals surface area contributed by atoms with Crippen molar-refractivity contribution in [2.75, 3.05) is 6.61 Å². The van der Waals surface area contributed by atoms with Gasteiger partial charge in [0.05, 0.1) is 0 Å². The summed E-state index contributed by atoms with van der Waals surface area (Å²) in [6.07, 6.45) is 5.91. The van der Waals surface area contributed by atoms with Crippen LogP contribution in [0, 0.1) is 5.41 Å². The normalized spacial score (nSPS) is 25.4. The van der Waals surface area contributed by atoms with Gasteiger partial charge in [0, 0.05) is 12.6 Å². The first-order chi connectivity index (χ1) is 5.21. The molecule has 0 aliphatic heterocycles. The molecule has 1 aliphatic rings. The van der Waals surface area contributed by atoms with Gasteiger partial charge < -0.3 is 10.8 Å². The van der Waals surface area contributed by atoms with E-state index in [4.69, 9.17) is 10.8 Å². The van der Waals surface area contributed by atoms with Crippen LogP contribution in [0.25, 0.3) is 0 Å². The van der Waals surface area contributed by atoms with Crippen molar-refractivity contribution in [3.63, 3.8) is 0 Å². The molecule has 2 heteroatoms. The van der Waals surface area contributed by atoms with Gasteiger partial charge in [-0.15, -0.1) is 0 Å². The van der Waals surface area contributed by atoms with Crippen LogP contribution in [0.2, 0.25) is 0 Å². The molecule has 1 rings (SSSR count). The van der Waals surface area contributed by atoms with E-state index < -0.39 is 0 Å². The van der Waals surface area contributed by atoms with E-state index >= 15 is 0 Å². The van der Waals surface area contributed by atoms with Crippen LogP contribution >= 0.6 is 0 Å². The van der Waals surface area contributed by atoms with Crippen molar-refractivity contribution < 1.29 is 5.11 Å². The average Bonchev–Trinajstić information content (AvgIpc) is 2.38. The summed E-state index contributed by atoms with van der Waals surface area (Å²) >= 11 is 0. The van der Waals surface area contributed by atoms with Crippen LogP contribution < -0.4 is 5.73 Å². The highest BCUT2D eigenvalue weighted by Crippen LogP contribution is 2.42. The average molecular weight is 157 g/mol. The summed E-state index contributed by atoms with van der Waals surface area (Å²) in [5.74, 6) is 0. The van der Waals surface area contributed by atoms with E-state index in [0.717, 1.165) is 6.42 Å². The Hall–Kier alpha value is -0.0800. The standard InChI is InChI=1S/C9H19NO/c1-8(10)9(6-7-11)4-2-3-5-9/h8,11H,2-7,10H2,1H3. The van der Waals surface area contributed by atoms with E-state index in [9.17, 15) is 0 Å². The fraction of sp³-hybridized carbons (Fsp3) is 1.00. The molecule has 0 radical (unpaired) electrons. The molecule has 1 unspecified atom stereocenters. The summed E-state index contributed by atoms with van der Waals surface area (Å²) in [5.41, 5.74) is 6.18. The van der Waals surface area contributed by atoms with Gasteiger partial charge in [-0.25, -0.2) is 0 Å². The monoisotopic (exact) mass is 157 g/mol. The second-order valence-electron chi connectivity index (χ2n) is 3.83. The van der Waals surface area contributed by atoms with Crippen LogP contribution in [0.3, 0.4) is 0 Å². The molecule has 0 spiro atoms. The molecule has 2 nitrogen and oxygen atoms in total. The first-order valence-electron chi connectivity index (χ1n) is 4.58. The van der Waals surface area contributed by atoms with Gasteiger partial charge in [0.2, 0.25) is 0 Å². The smallest absolute Gasteiger partial charge is 0.0436 e. The Morgan fingerprint density at radius 3 is 2.36 bits per heavy atom. The van der Waals surface area contributed by atoms with E-state index in [1.807, 2.05) is 0 Å². The van der Waals surface area contributed by atoms with E-state index in [1.54, 1.807) is 0 Å². The lowest BCUT2D eigenvalue weighted by Gasteiger charge is -2.32. The molecule has 1 fully saturated rings. The molecule has 66 valence electrons. The van der Waals surface area contributed by atoms with Gasteiger partial charge in [-0.3, -0.25) is 0 Å². The van der Waals surface area contributed by atoms with Crippen LogP contribution in [-0.2, 0) is 0 Å². The lowest BCUT2D eigenvalue weighted by Crippen LogP contribution is -2.38. The second kappa shape index (κ2) is 3.55. The Bertz CT molecular complexity index is 117. The number of aliphatic hydroxyl groups excluding tert-OH is 1. The van der Waals surface area contributed by atoms with Crippen molar-refractivity contribution in [1.29, 1.82) is 0 Å². The highest BCUT2D eigenvalue weighted by atomic mass is 16.3. The van der Waals surface area contributed by atoms with Crippen molar-refractivity contribution in [2.45, 2.75) is 45.1 Å². The van der Waals surface area contributed by atoms with E-state index in [2.05, 4.69) is 6.92 Å². The molecule has 0 aromatic rings. The predicted molar refractivity (Wildman–Crippen MR) is 46.3 cm³/mol. The quantitative estimate of drug-likeness (QED) is 0.648. The maximum atomic E-state index is 8.89. The Morgan fingerprint density at radius 1 is 1.45 bits per heavy atom. The fourth-order valence-electron chi connectivity index (χ4n) is 2.23. The third-order valence-electron chi connectivity index (χ3n) is 3.17. The third-order valence-corrected chi connectivity index (χ3v) is 3.17. The third kappa shape index (κ3) is 1.74. The van der Waals surface area contributed by atoms with E-state index in [-0.39, 0.29) is 11.5 Å². The summed E-state index contributed by atoms with van der Waals surface area (Å²) in [6, 6.07) is 0.247. The van der Waals surface area contributed by atoms with Gasteiger partial charge in [-0.05, 0) is 31.6 Å². The number of hydrogen-bond donors (Lipinski definition) is 2. The van der Waals surface area contributed by atoms with Crippen LogP contribution in [0.1, 0.15) is 39.0 Å². The second-order valence-corrected chi connectivity index (χ2v) is 3.83. The maximum Gasteiger partial charge on any atom is 0.0436 e. The highest BCUT2D eigenvalue weighted by Gasteiger charge is 2.36. The zero-order valence-electron chi connectivity index (χ0n) is 7.34. The molecule has 0 heterocycles. The number of rotatable bonds is 3. The number of nitrogens with two attached hydrogens (primary N) is 1. The summed E-state index contributed by atoms with van der Waals surface area (Å²) in [4.78, 5) is 0. The summed E-state index contributed by atoms with van der Waals surface area (Å²) in [7, 11) is 0. The Labute approximate surface area is 68.8 Å². The van der Waals surface area contributed by atoms with Gasteiger partial charge in [0.15, 0.2) is 0 Å². The molecule has 1 saturated carbocycles. The topological polar surface area (TPSA) is 46.2 Å². The van der Waals surface area contributed by atoms with Crippen molar-refractivity contribution >= 4 is 0 Å². The molecule has 0 bridgehead atoms. The fourth-order valence-corrected chi connectivity index (χ4v) is 2.23. The first kappa shape index (κ1) is 9.01. The number of aliphatic hydroxyl groups is 1. The lowest BCUT2D eigenvalue weighted by molar-refractivity contribution is 0.159. The van der Waals surface area contributed by atoms with Crippen molar-refractivity contribution in [3.8, 4) is 0 Å². The predicted octanol–water partition coefficient (Wildman–Crippen LogP) is 1.28. The zero-order valence-corrected chi connectivity index (χ0v) is 7.34. The molecule has 0 amide bonds. The molecule has 1 aliphatic carbocycles. The zero-order chi connectivity index (χ0) is 8.32. The Morgan fingerprint density at radius 2 is 2.00 bits per heavy atom. The molecular formula is C9H19NO. The van der Waals surface area contributed by atoms with Crippen molar-refractivity contribution in [3.05, 3.63) is 0 Å². The van der Waals surface area contributed by atoms with Crippen LogP contribution in [0.5, 0.6) is 0 Å². The van der Waals surface area contributed by atoms with Gasteiger partial charge in [0.1, 0.15) is 0 Å². The summed E-state index contributed by atoms with van der Waals surface area (Å²) in [6.45, 7) is 2.36. The molecule has 0 saturated heterocycles. The van der Waals surface area contributed by atoms with E-state index in [0.29, 0.717) is 6.61 Å². The van der Waals surface area contributed by atoms with Crippen molar-refractivity contribution in [2.24, 2.45) is 11.1 Å². The summed E-state index contributed by atoms with van der Waals surface area (Å²) in [5, 5.41) is 8.89. The molecule has 0 aromatic heterocycles. The van der Waals surface area contributed by atoms with E-state index in [1.165, 1.54) is 25.7 Å². The Balaban J connectivity index is 2.55. The minimum atomic E-state index is 0.247. The summed E-state index contributed by atoms with van der Waals surface area (Å²) < 4.78 is 0. The molecule has 1 atom stereocenters. The minimum Gasteiger partial charge on any atom is -0.396 e. The van der Waals surface area contributed by atoms with Gasteiger partial charge >= 0.3 is 0 Å². The number of hydrogen-bond acceptors (Lipinski definition) is 2. The van der Waals surface area contributed by atoms with Gasteiger partial charge in [-0.2, -0.15) is 0 Å². The lowest BCUT2D eigenvalue weighted by atomic mass is 9.77. The minimum absolute atomic E-state index is 0.247. The van der Waals surface area contributed by atoms with Crippen LogP contribution in [-0.4, -0.2) is 17.8 Å². The highest BCUT2D eigenvalue weighted by molar-refractivity contribution is 4.90.